The molecule has 0 radical (unpaired) electrons. The normalized spacial score (nSPS) is 14.5. The summed E-state index contributed by atoms with van der Waals surface area (Å²) >= 11 is 0. The van der Waals surface area contributed by atoms with Gasteiger partial charge in [-0.05, 0) is 43.6 Å². The second kappa shape index (κ2) is 9.08. The third kappa shape index (κ3) is 4.22. The SMILES string of the molecule is CCOC(=O)c1cnc2c(ccc3ccccc32)c1Nc1ccc(N2CCN(C)CC2)cc1. The zero-order chi connectivity index (χ0) is 22.8. The summed E-state index contributed by atoms with van der Waals surface area (Å²) in [4.78, 5) is 22.1. The average molecular weight is 441 g/mol. The number of hydrogen-bond acceptors (Lipinski definition) is 6. The van der Waals surface area contributed by atoms with Crippen LogP contribution in [0.2, 0.25) is 0 Å². The van der Waals surface area contributed by atoms with E-state index in [1.165, 1.54) is 5.69 Å². The van der Waals surface area contributed by atoms with Crippen molar-refractivity contribution in [1.82, 2.24) is 9.88 Å². The van der Waals surface area contributed by atoms with Gasteiger partial charge in [0.15, 0.2) is 0 Å². The number of nitrogens with one attached hydrogen (secondary N) is 1. The van der Waals surface area contributed by atoms with Crippen LogP contribution in [0.1, 0.15) is 17.3 Å². The molecule has 1 N–H and O–H groups in total. The van der Waals surface area contributed by atoms with Gasteiger partial charge in [-0.1, -0.05) is 36.4 Å². The Morgan fingerprint density at radius 3 is 2.48 bits per heavy atom. The fourth-order valence-corrected chi connectivity index (χ4v) is 4.40. The van der Waals surface area contributed by atoms with Gasteiger partial charge in [0.05, 0.1) is 17.8 Å². The number of hydrogen-bond donors (Lipinski definition) is 1. The summed E-state index contributed by atoms with van der Waals surface area (Å²) in [6.07, 6.45) is 1.62. The lowest BCUT2D eigenvalue weighted by Gasteiger charge is -2.34. The zero-order valence-electron chi connectivity index (χ0n) is 19.0. The molecule has 0 saturated carbocycles. The summed E-state index contributed by atoms with van der Waals surface area (Å²) in [5.74, 6) is -0.378. The van der Waals surface area contributed by atoms with E-state index in [1.807, 2.05) is 25.1 Å². The molecule has 0 amide bonds. The summed E-state index contributed by atoms with van der Waals surface area (Å²) in [5.41, 5.74) is 4.14. The number of rotatable bonds is 5. The van der Waals surface area contributed by atoms with Gasteiger partial charge in [-0.3, -0.25) is 4.98 Å². The van der Waals surface area contributed by atoms with Crippen molar-refractivity contribution in [2.24, 2.45) is 0 Å². The average Bonchev–Trinajstić information content (AvgIpc) is 2.85. The molecular formula is C27H28N4O2. The summed E-state index contributed by atoms with van der Waals surface area (Å²) in [7, 11) is 2.16. The van der Waals surface area contributed by atoms with Crippen molar-refractivity contribution in [3.8, 4) is 0 Å². The van der Waals surface area contributed by atoms with E-state index in [4.69, 9.17) is 4.74 Å². The van der Waals surface area contributed by atoms with Gasteiger partial charge in [-0.25, -0.2) is 4.79 Å². The Bertz CT molecular complexity index is 1300. The Hall–Kier alpha value is -3.64. The second-order valence-electron chi connectivity index (χ2n) is 8.41. The number of piperazine rings is 1. The summed E-state index contributed by atoms with van der Waals surface area (Å²) in [5, 5.41) is 6.55. The second-order valence-corrected chi connectivity index (χ2v) is 8.41. The molecule has 0 unspecified atom stereocenters. The zero-order valence-corrected chi connectivity index (χ0v) is 19.0. The van der Waals surface area contributed by atoms with Crippen molar-refractivity contribution in [2.45, 2.75) is 6.92 Å². The van der Waals surface area contributed by atoms with Gasteiger partial charge in [-0.15, -0.1) is 0 Å². The fourth-order valence-electron chi connectivity index (χ4n) is 4.40. The van der Waals surface area contributed by atoms with Crippen molar-refractivity contribution >= 4 is 44.7 Å². The van der Waals surface area contributed by atoms with Gasteiger partial charge in [-0.2, -0.15) is 0 Å². The number of likely N-dealkylation sites (N-methyl/N-ethyl adjacent to an activating group) is 1. The van der Waals surface area contributed by atoms with Crippen LogP contribution in [0.15, 0.2) is 66.9 Å². The monoisotopic (exact) mass is 440 g/mol. The molecule has 1 aliphatic heterocycles. The highest BCUT2D eigenvalue weighted by Gasteiger charge is 2.19. The standard InChI is InChI=1S/C27H28N4O2/c1-3-33-27(32)24-18-28-25-22-7-5-4-6-19(22)8-13-23(25)26(24)29-20-9-11-21(12-10-20)31-16-14-30(2)15-17-31/h4-13,18H,3,14-17H2,1-2H3,(H,28,29). The first kappa shape index (κ1) is 21.2. The highest BCUT2D eigenvalue weighted by atomic mass is 16.5. The first-order valence-corrected chi connectivity index (χ1v) is 11.4. The number of benzene rings is 3. The molecule has 6 nitrogen and oxygen atoms in total. The maximum absolute atomic E-state index is 12.7. The van der Waals surface area contributed by atoms with E-state index in [0.717, 1.165) is 59.2 Å². The maximum atomic E-state index is 12.7. The van der Waals surface area contributed by atoms with E-state index in [2.05, 4.69) is 69.6 Å². The van der Waals surface area contributed by atoms with Crippen molar-refractivity contribution < 1.29 is 9.53 Å². The van der Waals surface area contributed by atoms with Crippen LogP contribution < -0.4 is 10.2 Å². The van der Waals surface area contributed by atoms with Crippen LogP contribution in [-0.4, -0.2) is 55.7 Å². The number of aromatic nitrogens is 1. The van der Waals surface area contributed by atoms with Crippen LogP contribution in [-0.2, 0) is 4.74 Å². The molecule has 1 saturated heterocycles. The van der Waals surface area contributed by atoms with E-state index in [9.17, 15) is 4.79 Å². The minimum absolute atomic E-state index is 0.313. The highest BCUT2D eigenvalue weighted by Crippen LogP contribution is 2.34. The Balaban J connectivity index is 1.53. The van der Waals surface area contributed by atoms with Gasteiger partial charge < -0.3 is 19.9 Å². The van der Waals surface area contributed by atoms with Gasteiger partial charge in [0.2, 0.25) is 0 Å². The molecule has 0 spiro atoms. The highest BCUT2D eigenvalue weighted by molar-refractivity contribution is 6.13. The maximum Gasteiger partial charge on any atom is 0.341 e. The molecule has 5 rings (SSSR count). The third-order valence-electron chi connectivity index (χ3n) is 6.26. The first-order valence-electron chi connectivity index (χ1n) is 11.4. The fraction of sp³-hybridized carbons (Fsp3) is 0.259. The van der Waals surface area contributed by atoms with Crippen molar-refractivity contribution in [3.05, 3.63) is 72.4 Å². The molecule has 1 fully saturated rings. The molecule has 168 valence electrons. The van der Waals surface area contributed by atoms with E-state index in [0.29, 0.717) is 12.2 Å². The van der Waals surface area contributed by atoms with Crippen LogP contribution in [0.4, 0.5) is 17.1 Å². The molecule has 0 bridgehead atoms. The number of ether oxygens (including phenoxy) is 1. The predicted molar refractivity (Wildman–Crippen MR) is 135 cm³/mol. The number of fused-ring (bicyclic) bond motifs is 3. The van der Waals surface area contributed by atoms with Crippen LogP contribution in [0.5, 0.6) is 0 Å². The van der Waals surface area contributed by atoms with Crippen molar-refractivity contribution in [3.63, 3.8) is 0 Å². The van der Waals surface area contributed by atoms with E-state index in [-0.39, 0.29) is 5.97 Å². The molecule has 1 aliphatic rings. The quantitative estimate of drug-likeness (QED) is 0.346. The lowest BCUT2D eigenvalue weighted by atomic mass is 10.0. The summed E-state index contributed by atoms with van der Waals surface area (Å²) in [6, 6.07) is 20.6. The molecule has 6 heteroatoms. The first-order chi connectivity index (χ1) is 16.1. The third-order valence-corrected chi connectivity index (χ3v) is 6.26. The molecule has 33 heavy (non-hydrogen) atoms. The van der Waals surface area contributed by atoms with Gasteiger partial charge in [0.1, 0.15) is 5.56 Å². The minimum Gasteiger partial charge on any atom is -0.462 e. The summed E-state index contributed by atoms with van der Waals surface area (Å²) < 4.78 is 5.32. The van der Waals surface area contributed by atoms with Gasteiger partial charge in [0, 0.05) is 54.5 Å². The summed E-state index contributed by atoms with van der Waals surface area (Å²) in [6.45, 7) is 6.31. The Kier molecular flexibility index (Phi) is 5.84. The molecule has 2 heterocycles. The molecule has 0 atom stereocenters. The molecular weight excluding hydrogens is 412 g/mol. The number of nitrogens with zero attached hydrogens (tertiary/aromatic N) is 3. The van der Waals surface area contributed by atoms with Gasteiger partial charge >= 0.3 is 5.97 Å². The van der Waals surface area contributed by atoms with E-state index >= 15 is 0 Å². The number of carbonyl (C=O) groups is 1. The number of pyridine rings is 1. The predicted octanol–water partition coefficient (Wildman–Crippen LogP) is 5.06. The van der Waals surface area contributed by atoms with Gasteiger partial charge in [0.25, 0.3) is 0 Å². The smallest absolute Gasteiger partial charge is 0.341 e. The Morgan fingerprint density at radius 1 is 0.970 bits per heavy atom. The molecule has 0 aliphatic carbocycles. The van der Waals surface area contributed by atoms with Crippen molar-refractivity contribution in [1.29, 1.82) is 0 Å². The van der Waals surface area contributed by atoms with Crippen LogP contribution in [0.25, 0.3) is 21.7 Å². The molecule has 1 aromatic heterocycles. The van der Waals surface area contributed by atoms with Crippen molar-refractivity contribution in [2.75, 3.05) is 50.1 Å². The topological polar surface area (TPSA) is 57.7 Å². The molecule has 3 aromatic carbocycles. The lowest BCUT2D eigenvalue weighted by Crippen LogP contribution is -2.44. The number of anilines is 3. The molecule has 4 aromatic rings. The van der Waals surface area contributed by atoms with Crippen LogP contribution >= 0.6 is 0 Å². The Labute approximate surface area is 193 Å². The largest absolute Gasteiger partial charge is 0.462 e. The number of esters is 1. The van der Waals surface area contributed by atoms with E-state index in [1.54, 1.807) is 6.20 Å². The minimum atomic E-state index is -0.378. The number of carbonyl (C=O) groups excluding carboxylic acids is 1. The van der Waals surface area contributed by atoms with Crippen LogP contribution in [0.3, 0.4) is 0 Å². The Morgan fingerprint density at radius 2 is 1.73 bits per heavy atom. The lowest BCUT2D eigenvalue weighted by molar-refractivity contribution is 0.0527. The van der Waals surface area contributed by atoms with Crippen LogP contribution in [0, 0.1) is 0 Å². The van der Waals surface area contributed by atoms with E-state index < -0.39 is 0 Å².